The quantitative estimate of drug-likeness (QED) is 0.511. The highest BCUT2D eigenvalue weighted by atomic mass is 35.5. The molecule has 1 unspecified atom stereocenters. The van der Waals surface area contributed by atoms with E-state index in [9.17, 15) is 9.59 Å². The summed E-state index contributed by atoms with van der Waals surface area (Å²) in [6.45, 7) is 2.96. The topological polar surface area (TPSA) is 72.6 Å². The third kappa shape index (κ3) is 4.05. The smallest absolute Gasteiger partial charge is 0.397 e. The van der Waals surface area contributed by atoms with Gasteiger partial charge in [-0.3, -0.25) is 4.79 Å². The zero-order chi connectivity index (χ0) is 10.6. The normalized spacial score (nSPS) is 20.4. The van der Waals surface area contributed by atoms with Gasteiger partial charge in [0, 0.05) is 19.1 Å². The van der Waals surface area contributed by atoms with Gasteiger partial charge in [0.1, 0.15) is 0 Å². The van der Waals surface area contributed by atoms with Crippen LogP contribution in [0.4, 0.5) is 0 Å². The Balaban J connectivity index is 0.00000196. The van der Waals surface area contributed by atoms with Gasteiger partial charge in [-0.25, -0.2) is 4.79 Å². The first-order chi connectivity index (χ1) is 6.65. The van der Waals surface area contributed by atoms with Crippen LogP contribution in [0.1, 0.15) is 19.8 Å². The second kappa shape index (κ2) is 6.63. The van der Waals surface area contributed by atoms with Gasteiger partial charge in [-0.2, -0.15) is 0 Å². The van der Waals surface area contributed by atoms with E-state index in [1.54, 1.807) is 6.92 Å². The van der Waals surface area contributed by atoms with Crippen LogP contribution in [0.5, 0.6) is 0 Å². The van der Waals surface area contributed by atoms with Gasteiger partial charge >= 0.3 is 11.9 Å². The van der Waals surface area contributed by atoms with Crippen LogP contribution in [0, 0.1) is 0 Å². The molecule has 1 atom stereocenters. The van der Waals surface area contributed by atoms with E-state index in [-0.39, 0.29) is 25.1 Å². The fraction of sp³-hybridized carbons (Fsp3) is 0.778. The van der Waals surface area contributed by atoms with E-state index in [2.05, 4.69) is 4.74 Å². The van der Waals surface area contributed by atoms with Crippen molar-refractivity contribution in [2.45, 2.75) is 25.8 Å². The van der Waals surface area contributed by atoms with E-state index in [1.807, 2.05) is 0 Å². The lowest BCUT2D eigenvalue weighted by atomic mass is 10.1. The number of carbonyl (C=O) groups is 2. The van der Waals surface area contributed by atoms with Gasteiger partial charge in [0.2, 0.25) is 0 Å². The first-order valence-corrected chi connectivity index (χ1v) is 4.86. The van der Waals surface area contributed by atoms with Crippen LogP contribution in [-0.2, 0) is 14.3 Å². The highest BCUT2D eigenvalue weighted by Crippen LogP contribution is 2.08. The molecular weight excluding hydrogens is 220 g/mol. The molecule has 0 bridgehead atoms. The Hall–Kier alpha value is -0.810. The van der Waals surface area contributed by atoms with Crippen molar-refractivity contribution in [1.29, 1.82) is 0 Å². The number of piperidine rings is 1. The lowest BCUT2D eigenvalue weighted by Gasteiger charge is -2.29. The minimum Gasteiger partial charge on any atom is -0.459 e. The minimum atomic E-state index is -0.776. The molecular formula is C9H17ClN2O3. The predicted octanol–water partition coefficient (Wildman–Crippen LogP) is -0.0790. The number of nitrogens with two attached hydrogens (primary N) is 1. The number of carbonyl (C=O) groups excluding carboxylic acids is 2. The van der Waals surface area contributed by atoms with Crippen LogP contribution in [0.3, 0.4) is 0 Å². The number of likely N-dealkylation sites (tertiary alicyclic amines) is 1. The zero-order valence-electron chi connectivity index (χ0n) is 8.77. The standard InChI is InChI=1S/C9H16N2O3.ClH/c1-2-14-9(13)8(12)11-5-3-4-7(10)6-11;/h7H,2-6,10H2,1H3;1H. The summed E-state index contributed by atoms with van der Waals surface area (Å²) < 4.78 is 4.62. The van der Waals surface area contributed by atoms with E-state index in [1.165, 1.54) is 4.90 Å². The summed E-state index contributed by atoms with van der Waals surface area (Å²) >= 11 is 0. The molecule has 0 aromatic carbocycles. The van der Waals surface area contributed by atoms with Crippen LogP contribution in [0.15, 0.2) is 0 Å². The summed E-state index contributed by atoms with van der Waals surface area (Å²) in [6, 6.07) is -0.0119. The van der Waals surface area contributed by atoms with E-state index in [4.69, 9.17) is 5.73 Å². The summed E-state index contributed by atoms with van der Waals surface area (Å²) in [5.41, 5.74) is 5.69. The maximum Gasteiger partial charge on any atom is 0.397 e. The Labute approximate surface area is 95.3 Å². The van der Waals surface area contributed by atoms with E-state index in [0.717, 1.165) is 12.8 Å². The van der Waals surface area contributed by atoms with Crippen molar-refractivity contribution < 1.29 is 14.3 Å². The van der Waals surface area contributed by atoms with Crippen molar-refractivity contribution in [3.05, 3.63) is 0 Å². The van der Waals surface area contributed by atoms with Crippen LogP contribution >= 0.6 is 12.4 Å². The molecule has 1 heterocycles. The molecule has 1 aliphatic rings. The van der Waals surface area contributed by atoms with Gasteiger partial charge in [-0.15, -0.1) is 12.4 Å². The number of hydrogen-bond donors (Lipinski definition) is 1. The molecule has 6 heteroatoms. The fourth-order valence-corrected chi connectivity index (χ4v) is 1.52. The molecule has 0 aromatic rings. The van der Waals surface area contributed by atoms with E-state index < -0.39 is 11.9 Å². The van der Waals surface area contributed by atoms with Crippen molar-refractivity contribution >= 4 is 24.3 Å². The van der Waals surface area contributed by atoms with Crippen molar-refractivity contribution in [2.24, 2.45) is 5.73 Å². The van der Waals surface area contributed by atoms with Crippen LogP contribution in [0.25, 0.3) is 0 Å². The Morgan fingerprint density at radius 1 is 1.53 bits per heavy atom. The van der Waals surface area contributed by atoms with E-state index >= 15 is 0 Å². The van der Waals surface area contributed by atoms with Crippen LogP contribution < -0.4 is 5.73 Å². The molecule has 0 saturated carbocycles. The lowest BCUT2D eigenvalue weighted by molar-refractivity contribution is -0.160. The summed E-state index contributed by atoms with van der Waals surface area (Å²) in [7, 11) is 0. The summed E-state index contributed by atoms with van der Waals surface area (Å²) in [5, 5.41) is 0. The van der Waals surface area contributed by atoms with Crippen molar-refractivity contribution in [1.82, 2.24) is 4.90 Å². The van der Waals surface area contributed by atoms with Gasteiger partial charge in [0.25, 0.3) is 0 Å². The number of hydrogen-bond acceptors (Lipinski definition) is 4. The number of nitrogens with zero attached hydrogens (tertiary/aromatic N) is 1. The zero-order valence-corrected chi connectivity index (χ0v) is 9.59. The maximum atomic E-state index is 11.4. The van der Waals surface area contributed by atoms with Crippen LogP contribution in [-0.4, -0.2) is 42.5 Å². The summed E-state index contributed by atoms with van der Waals surface area (Å²) in [6.07, 6.45) is 1.76. The maximum absolute atomic E-state index is 11.4. The molecule has 0 aromatic heterocycles. The van der Waals surface area contributed by atoms with Gasteiger partial charge in [-0.05, 0) is 19.8 Å². The lowest BCUT2D eigenvalue weighted by Crippen LogP contribution is -2.48. The Bertz CT molecular complexity index is 235. The van der Waals surface area contributed by atoms with Gasteiger partial charge in [0.15, 0.2) is 0 Å². The first kappa shape index (κ1) is 14.2. The minimum absolute atomic E-state index is 0. The summed E-state index contributed by atoms with van der Waals surface area (Å²) in [5.74, 6) is -1.34. The molecule has 1 aliphatic heterocycles. The second-order valence-corrected chi connectivity index (χ2v) is 3.37. The number of rotatable bonds is 1. The molecule has 1 saturated heterocycles. The van der Waals surface area contributed by atoms with Gasteiger partial charge in [-0.1, -0.05) is 0 Å². The largest absolute Gasteiger partial charge is 0.459 e. The molecule has 1 rings (SSSR count). The highest BCUT2D eigenvalue weighted by molar-refractivity contribution is 6.32. The average Bonchev–Trinajstić information content (AvgIpc) is 2.17. The number of esters is 1. The van der Waals surface area contributed by atoms with Crippen molar-refractivity contribution in [3.8, 4) is 0 Å². The second-order valence-electron chi connectivity index (χ2n) is 3.37. The Morgan fingerprint density at radius 2 is 2.20 bits per heavy atom. The monoisotopic (exact) mass is 236 g/mol. The van der Waals surface area contributed by atoms with Crippen molar-refractivity contribution in [2.75, 3.05) is 19.7 Å². The average molecular weight is 237 g/mol. The number of halogens is 1. The molecule has 0 radical (unpaired) electrons. The highest BCUT2D eigenvalue weighted by Gasteiger charge is 2.26. The van der Waals surface area contributed by atoms with Gasteiger partial charge < -0.3 is 15.4 Å². The third-order valence-electron chi connectivity index (χ3n) is 2.20. The molecule has 2 N–H and O–H groups in total. The summed E-state index contributed by atoms with van der Waals surface area (Å²) in [4.78, 5) is 24.0. The molecule has 1 fully saturated rings. The van der Waals surface area contributed by atoms with Crippen LogP contribution in [0.2, 0.25) is 0 Å². The number of amides is 1. The predicted molar refractivity (Wildman–Crippen MR) is 57.7 cm³/mol. The molecule has 88 valence electrons. The Morgan fingerprint density at radius 3 is 2.73 bits per heavy atom. The molecule has 0 spiro atoms. The Kier molecular flexibility index (Phi) is 6.27. The fourth-order valence-electron chi connectivity index (χ4n) is 1.52. The van der Waals surface area contributed by atoms with Crippen molar-refractivity contribution in [3.63, 3.8) is 0 Å². The SMILES string of the molecule is CCOC(=O)C(=O)N1CCCC(N)C1.Cl. The van der Waals surface area contributed by atoms with E-state index in [0.29, 0.717) is 13.1 Å². The van der Waals surface area contributed by atoms with Gasteiger partial charge in [0.05, 0.1) is 6.61 Å². The molecule has 15 heavy (non-hydrogen) atoms. The molecule has 1 amide bonds. The first-order valence-electron chi connectivity index (χ1n) is 4.86. The molecule has 5 nitrogen and oxygen atoms in total. The molecule has 0 aliphatic carbocycles. The number of ether oxygens (including phenoxy) is 1. The third-order valence-corrected chi connectivity index (χ3v) is 2.20.